The first kappa shape index (κ1) is 12.2. The molecule has 94 valence electrons. The maximum absolute atomic E-state index is 5.72. The van der Waals surface area contributed by atoms with Crippen molar-refractivity contribution in [1.29, 1.82) is 0 Å². The summed E-state index contributed by atoms with van der Waals surface area (Å²) >= 11 is 0. The van der Waals surface area contributed by atoms with E-state index >= 15 is 0 Å². The Labute approximate surface area is 103 Å². The van der Waals surface area contributed by atoms with Gasteiger partial charge in [-0.05, 0) is 37.1 Å². The Morgan fingerprint density at radius 3 is 2.47 bits per heavy atom. The maximum atomic E-state index is 5.72. The zero-order valence-electron chi connectivity index (χ0n) is 10.6. The summed E-state index contributed by atoms with van der Waals surface area (Å²) in [6.07, 6.45) is 2.68. The molecule has 0 saturated heterocycles. The van der Waals surface area contributed by atoms with Crippen molar-refractivity contribution in [3.8, 4) is 11.5 Å². The summed E-state index contributed by atoms with van der Waals surface area (Å²) in [5.74, 6) is 2.31. The molecule has 0 aliphatic heterocycles. The lowest BCUT2D eigenvalue weighted by Crippen LogP contribution is -2.26. The lowest BCUT2D eigenvalue weighted by molar-refractivity contribution is 0.255. The molecule has 1 aromatic rings. The first-order valence-electron chi connectivity index (χ1n) is 6.28. The average Bonchev–Trinajstić information content (AvgIpc) is 3.18. The summed E-state index contributed by atoms with van der Waals surface area (Å²) < 4.78 is 10.8. The Bertz CT molecular complexity index is 333. The first-order valence-corrected chi connectivity index (χ1v) is 6.28. The van der Waals surface area contributed by atoms with Gasteiger partial charge in [-0.2, -0.15) is 0 Å². The van der Waals surface area contributed by atoms with E-state index in [2.05, 4.69) is 12.2 Å². The largest absolute Gasteiger partial charge is 0.497 e. The highest BCUT2D eigenvalue weighted by molar-refractivity contribution is 5.31. The van der Waals surface area contributed by atoms with Crippen molar-refractivity contribution in [3.05, 3.63) is 24.3 Å². The Kier molecular flexibility index (Phi) is 4.26. The number of ether oxygens (including phenoxy) is 2. The summed E-state index contributed by atoms with van der Waals surface area (Å²) in [5, 5.41) is 3.51. The van der Waals surface area contributed by atoms with Gasteiger partial charge in [0.1, 0.15) is 11.5 Å². The molecule has 0 heterocycles. The summed E-state index contributed by atoms with van der Waals surface area (Å²) in [6.45, 7) is 4.01. The predicted octanol–water partition coefficient (Wildman–Crippen LogP) is 2.46. The van der Waals surface area contributed by atoms with Crippen LogP contribution < -0.4 is 14.8 Å². The Balaban J connectivity index is 1.68. The third kappa shape index (κ3) is 4.27. The highest BCUT2D eigenvalue weighted by atomic mass is 16.5. The van der Waals surface area contributed by atoms with Crippen molar-refractivity contribution in [2.24, 2.45) is 5.92 Å². The van der Waals surface area contributed by atoms with Crippen LogP contribution in [0.5, 0.6) is 11.5 Å². The van der Waals surface area contributed by atoms with Gasteiger partial charge in [0, 0.05) is 18.5 Å². The number of hydrogen-bond donors (Lipinski definition) is 1. The number of methoxy groups -OCH3 is 1. The predicted molar refractivity (Wildman–Crippen MR) is 68.7 cm³/mol. The maximum Gasteiger partial charge on any atom is 0.119 e. The molecular formula is C14H21NO2. The van der Waals surface area contributed by atoms with Crippen LogP contribution in [0.25, 0.3) is 0 Å². The van der Waals surface area contributed by atoms with Crippen molar-refractivity contribution in [3.63, 3.8) is 0 Å². The van der Waals surface area contributed by atoms with Gasteiger partial charge in [0.25, 0.3) is 0 Å². The van der Waals surface area contributed by atoms with Gasteiger partial charge in [-0.1, -0.05) is 6.92 Å². The molecule has 1 fully saturated rings. The number of hydrogen-bond acceptors (Lipinski definition) is 3. The molecule has 1 aliphatic carbocycles. The Morgan fingerprint density at radius 1 is 1.24 bits per heavy atom. The summed E-state index contributed by atoms with van der Waals surface area (Å²) in [6, 6.07) is 8.50. The lowest BCUT2D eigenvalue weighted by Gasteiger charge is -2.13. The minimum atomic E-state index is 0.540. The van der Waals surface area contributed by atoms with E-state index in [1.54, 1.807) is 7.11 Å². The van der Waals surface area contributed by atoms with Crippen LogP contribution in [0.15, 0.2) is 24.3 Å². The van der Waals surface area contributed by atoms with Crippen LogP contribution in [0.1, 0.15) is 19.8 Å². The third-order valence-corrected chi connectivity index (χ3v) is 2.93. The van der Waals surface area contributed by atoms with Gasteiger partial charge in [0.2, 0.25) is 0 Å². The Hall–Kier alpha value is -1.22. The molecule has 1 atom stereocenters. The van der Waals surface area contributed by atoms with Crippen LogP contribution in [-0.2, 0) is 0 Å². The summed E-state index contributed by atoms with van der Waals surface area (Å²) in [5.41, 5.74) is 0. The van der Waals surface area contributed by atoms with Crippen molar-refractivity contribution >= 4 is 0 Å². The molecule has 3 heteroatoms. The van der Waals surface area contributed by atoms with E-state index in [1.807, 2.05) is 24.3 Å². The second-order valence-electron chi connectivity index (χ2n) is 4.77. The lowest BCUT2D eigenvalue weighted by atomic mass is 10.2. The van der Waals surface area contributed by atoms with Gasteiger partial charge in [0.05, 0.1) is 13.7 Å². The smallest absolute Gasteiger partial charge is 0.119 e. The van der Waals surface area contributed by atoms with Crippen LogP contribution in [0.3, 0.4) is 0 Å². The van der Waals surface area contributed by atoms with Crippen LogP contribution in [0, 0.1) is 5.92 Å². The zero-order chi connectivity index (χ0) is 12.1. The quantitative estimate of drug-likeness (QED) is 0.787. The van der Waals surface area contributed by atoms with E-state index in [1.165, 1.54) is 12.8 Å². The van der Waals surface area contributed by atoms with E-state index in [4.69, 9.17) is 9.47 Å². The topological polar surface area (TPSA) is 30.5 Å². The van der Waals surface area contributed by atoms with Gasteiger partial charge in [-0.25, -0.2) is 0 Å². The van der Waals surface area contributed by atoms with E-state index in [-0.39, 0.29) is 0 Å². The molecule has 1 N–H and O–H groups in total. The fourth-order valence-electron chi connectivity index (χ4n) is 1.62. The standard InChI is InChI=1S/C14H21NO2/c1-11(9-15-12-3-4-12)10-17-14-7-5-13(16-2)6-8-14/h5-8,11-12,15H,3-4,9-10H2,1-2H3. The van der Waals surface area contributed by atoms with E-state index in [9.17, 15) is 0 Å². The highest BCUT2D eigenvalue weighted by Crippen LogP contribution is 2.19. The average molecular weight is 235 g/mol. The minimum absolute atomic E-state index is 0.540. The van der Waals surface area contributed by atoms with Crippen molar-refractivity contribution in [2.45, 2.75) is 25.8 Å². The molecule has 0 bridgehead atoms. The second kappa shape index (κ2) is 5.92. The fourth-order valence-corrected chi connectivity index (χ4v) is 1.62. The van der Waals surface area contributed by atoms with Crippen molar-refractivity contribution < 1.29 is 9.47 Å². The molecule has 0 amide bonds. The van der Waals surface area contributed by atoms with Gasteiger partial charge < -0.3 is 14.8 Å². The molecule has 0 radical (unpaired) electrons. The number of nitrogens with one attached hydrogen (secondary N) is 1. The molecule has 1 unspecified atom stereocenters. The molecule has 1 aromatic carbocycles. The number of rotatable bonds is 7. The van der Waals surface area contributed by atoms with Gasteiger partial charge in [-0.15, -0.1) is 0 Å². The monoisotopic (exact) mass is 235 g/mol. The molecule has 17 heavy (non-hydrogen) atoms. The molecule has 0 aromatic heterocycles. The summed E-state index contributed by atoms with van der Waals surface area (Å²) in [7, 11) is 1.67. The summed E-state index contributed by atoms with van der Waals surface area (Å²) in [4.78, 5) is 0. The molecule has 1 saturated carbocycles. The normalized spacial score (nSPS) is 16.6. The van der Waals surface area contributed by atoms with Crippen LogP contribution in [-0.4, -0.2) is 26.3 Å². The van der Waals surface area contributed by atoms with Gasteiger partial charge in [-0.3, -0.25) is 0 Å². The van der Waals surface area contributed by atoms with Gasteiger partial charge in [0.15, 0.2) is 0 Å². The molecule has 1 aliphatic rings. The Morgan fingerprint density at radius 2 is 1.88 bits per heavy atom. The fraction of sp³-hybridized carbons (Fsp3) is 0.571. The molecule has 2 rings (SSSR count). The van der Waals surface area contributed by atoms with E-state index in [0.717, 1.165) is 30.7 Å². The van der Waals surface area contributed by atoms with Crippen molar-refractivity contribution in [2.75, 3.05) is 20.3 Å². The molecular weight excluding hydrogens is 214 g/mol. The minimum Gasteiger partial charge on any atom is -0.497 e. The van der Waals surface area contributed by atoms with E-state index in [0.29, 0.717) is 5.92 Å². The molecule has 3 nitrogen and oxygen atoms in total. The van der Waals surface area contributed by atoms with Crippen LogP contribution >= 0.6 is 0 Å². The van der Waals surface area contributed by atoms with Crippen molar-refractivity contribution in [1.82, 2.24) is 5.32 Å². The first-order chi connectivity index (χ1) is 8.28. The van der Waals surface area contributed by atoms with Crippen LogP contribution in [0.4, 0.5) is 0 Å². The number of benzene rings is 1. The molecule has 0 spiro atoms. The highest BCUT2D eigenvalue weighted by Gasteiger charge is 2.20. The van der Waals surface area contributed by atoms with E-state index < -0.39 is 0 Å². The third-order valence-electron chi connectivity index (χ3n) is 2.93. The zero-order valence-corrected chi connectivity index (χ0v) is 10.6. The van der Waals surface area contributed by atoms with Crippen LogP contribution in [0.2, 0.25) is 0 Å². The van der Waals surface area contributed by atoms with Gasteiger partial charge >= 0.3 is 0 Å². The SMILES string of the molecule is COc1ccc(OCC(C)CNC2CC2)cc1. The second-order valence-corrected chi connectivity index (χ2v) is 4.77.